The summed E-state index contributed by atoms with van der Waals surface area (Å²) in [6.07, 6.45) is 2.82. The fraction of sp³-hybridized carbons (Fsp3) is 0.207. The standard InChI is InChI=1S/C29H27ClN6O2/c1-2-3-13-26-31-27(30)25(19-38-29(37)22-9-5-4-6-10-22)36(26)18-20-14-16-21(17-15-20)23-11-7-8-12-24(23)28-32-34-35-33-28/h4-12,14-17H,2-3,13,18-19H2,1H3,(H,32,33,34,35). The number of rotatable bonds is 10. The van der Waals surface area contributed by atoms with Crippen LogP contribution >= 0.6 is 11.6 Å². The number of aromatic nitrogens is 6. The van der Waals surface area contributed by atoms with Gasteiger partial charge in [0.1, 0.15) is 12.4 Å². The normalized spacial score (nSPS) is 11.0. The number of unbranched alkanes of at least 4 members (excludes halogenated alkanes) is 1. The lowest BCUT2D eigenvalue weighted by atomic mass is 9.98. The van der Waals surface area contributed by atoms with Crippen LogP contribution in [0, 0.1) is 0 Å². The first-order valence-corrected chi connectivity index (χ1v) is 12.9. The Labute approximate surface area is 225 Å². The number of benzene rings is 3. The Morgan fingerprint density at radius 3 is 2.42 bits per heavy atom. The quantitative estimate of drug-likeness (QED) is 0.220. The molecule has 0 amide bonds. The van der Waals surface area contributed by atoms with Crippen molar-refractivity contribution in [3.05, 3.63) is 107 Å². The number of tetrazole rings is 1. The van der Waals surface area contributed by atoms with Gasteiger partial charge in [-0.05, 0) is 40.5 Å². The van der Waals surface area contributed by atoms with Gasteiger partial charge in [-0.3, -0.25) is 0 Å². The van der Waals surface area contributed by atoms with Crippen LogP contribution in [0.15, 0.2) is 78.9 Å². The molecule has 1 N–H and O–H groups in total. The lowest BCUT2D eigenvalue weighted by Crippen LogP contribution is -2.12. The second-order valence-electron chi connectivity index (χ2n) is 8.88. The zero-order valence-electron chi connectivity index (χ0n) is 21.0. The van der Waals surface area contributed by atoms with Crippen molar-refractivity contribution >= 4 is 17.6 Å². The molecule has 0 spiro atoms. The lowest BCUT2D eigenvalue weighted by molar-refractivity contribution is 0.0464. The number of esters is 1. The minimum atomic E-state index is -0.394. The van der Waals surface area contributed by atoms with Gasteiger partial charge >= 0.3 is 5.97 Å². The summed E-state index contributed by atoms with van der Waals surface area (Å²) in [6.45, 7) is 2.74. The molecule has 0 aliphatic rings. The number of aromatic amines is 1. The molecule has 0 saturated heterocycles. The van der Waals surface area contributed by atoms with E-state index < -0.39 is 5.97 Å². The van der Waals surface area contributed by atoms with E-state index in [0.717, 1.165) is 47.3 Å². The second kappa shape index (κ2) is 11.8. The molecule has 8 nitrogen and oxygen atoms in total. The average molecular weight is 527 g/mol. The molecule has 5 aromatic rings. The third-order valence-corrected chi connectivity index (χ3v) is 6.63. The molecule has 0 radical (unpaired) electrons. The van der Waals surface area contributed by atoms with E-state index in [-0.39, 0.29) is 6.61 Å². The van der Waals surface area contributed by atoms with Crippen molar-refractivity contribution in [3.63, 3.8) is 0 Å². The Bertz CT molecular complexity index is 1500. The predicted octanol–water partition coefficient (Wildman–Crippen LogP) is 6.13. The molecule has 0 bridgehead atoms. The molecule has 2 heterocycles. The van der Waals surface area contributed by atoms with Crippen molar-refractivity contribution in [1.29, 1.82) is 0 Å². The van der Waals surface area contributed by atoms with E-state index in [9.17, 15) is 4.79 Å². The number of hydrogen-bond donors (Lipinski definition) is 1. The van der Waals surface area contributed by atoms with E-state index in [1.54, 1.807) is 24.3 Å². The monoisotopic (exact) mass is 526 g/mol. The summed E-state index contributed by atoms with van der Waals surface area (Å²) < 4.78 is 7.68. The topological polar surface area (TPSA) is 98.6 Å². The largest absolute Gasteiger partial charge is 0.456 e. The predicted molar refractivity (Wildman–Crippen MR) is 146 cm³/mol. The highest BCUT2D eigenvalue weighted by molar-refractivity contribution is 6.30. The van der Waals surface area contributed by atoms with E-state index >= 15 is 0 Å². The van der Waals surface area contributed by atoms with E-state index in [0.29, 0.717) is 28.8 Å². The fourth-order valence-electron chi connectivity index (χ4n) is 4.32. The maximum Gasteiger partial charge on any atom is 0.338 e. The SMILES string of the molecule is CCCCc1nc(Cl)c(COC(=O)c2ccccc2)n1Cc1ccc(-c2ccccc2-c2nn[nH]n2)cc1. The number of ether oxygens (including phenoxy) is 1. The van der Waals surface area contributed by atoms with Crippen LogP contribution < -0.4 is 0 Å². The third kappa shape index (κ3) is 5.65. The number of nitrogens with one attached hydrogen (secondary N) is 1. The van der Waals surface area contributed by atoms with Crippen molar-refractivity contribution in [2.45, 2.75) is 39.3 Å². The van der Waals surface area contributed by atoms with Crippen molar-refractivity contribution in [1.82, 2.24) is 30.2 Å². The number of carbonyl (C=O) groups excluding carboxylic acids is 1. The van der Waals surface area contributed by atoms with Gasteiger partial charge < -0.3 is 9.30 Å². The van der Waals surface area contributed by atoms with E-state index in [1.165, 1.54) is 0 Å². The molecule has 2 aromatic heterocycles. The smallest absolute Gasteiger partial charge is 0.338 e. The average Bonchev–Trinajstić information content (AvgIpc) is 3.60. The number of imidazole rings is 1. The highest BCUT2D eigenvalue weighted by Gasteiger charge is 2.19. The van der Waals surface area contributed by atoms with Gasteiger partial charge in [-0.25, -0.2) is 9.78 Å². The van der Waals surface area contributed by atoms with Crippen LogP contribution in [0.25, 0.3) is 22.5 Å². The summed E-state index contributed by atoms with van der Waals surface area (Å²) >= 11 is 6.55. The maximum atomic E-state index is 12.6. The summed E-state index contributed by atoms with van der Waals surface area (Å²) in [7, 11) is 0. The number of carbonyl (C=O) groups is 1. The Morgan fingerprint density at radius 2 is 1.71 bits per heavy atom. The summed E-state index contributed by atoms with van der Waals surface area (Å²) in [5, 5.41) is 14.8. The van der Waals surface area contributed by atoms with Crippen LogP contribution in [0.3, 0.4) is 0 Å². The summed E-state index contributed by atoms with van der Waals surface area (Å²) in [5.74, 6) is 1.04. The molecule has 9 heteroatoms. The Kier molecular flexibility index (Phi) is 7.89. The summed E-state index contributed by atoms with van der Waals surface area (Å²) in [5.41, 5.74) is 5.23. The number of nitrogens with zero attached hydrogens (tertiary/aromatic N) is 5. The maximum absolute atomic E-state index is 12.6. The zero-order chi connectivity index (χ0) is 26.3. The van der Waals surface area contributed by atoms with Crippen LogP contribution in [0.4, 0.5) is 0 Å². The van der Waals surface area contributed by atoms with Gasteiger partial charge in [0.2, 0.25) is 5.82 Å². The second-order valence-corrected chi connectivity index (χ2v) is 9.23. The zero-order valence-corrected chi connectivity index (χ0v) is 21.7. The van der Waals surface area contributed by atoms with Crippen LogP contribution in [-0.4, -0.2) is 36.1 Å². The molecule has 3 aromatic carbocycles. The molecular weight excluding hydrogens is 500 g/mol. The summed E-state index contributed by atoms with van der Waals surface area (Å²) in [4.78, 5) is 17.2. The van der Waals surface area contributed by atoms with Gasteiger partial charge in [0, 0.05) is 18.5 Å². The number of hydrogen-bond acceptors (Lipinski definition) is 6. The molecule has 0 atom stereocenters. The number of aryl methyl sites for hydroxylation is 1. The van der Waals surface area contributed by atoms with E-state index in [4.69, 9.17) is 16.3 Å². The molecule has 0 aliphatic heterocycles. The molecular formula is C29H27ClN6O2. The molecule has 0 fully saturated rings. The number of halogens is 1. The van der Waals surface area contributed by atoms with Gasteiger partial charge in [-0.2, -0.15) is 5.21 Å². The van der Waals surface area contributed by atoms with Gasteiger partial charge in [-0.1, -0.05) is 91.7 Å². The molecule has 38 heavy (non-hydrogen) atoms. The Hall–Kier alpha value is -4.30. The molecule has 0 aliphatic carbocycles. The van der Waals surface area contributed by atoms with Crippen LogP contribution in [-0.2, 0) is 24.3 Å². The van der Waals surface area contributed by atoms with Gasteiger partial charge in [0.25, 0.3) is 0 Å². The fourth-order valence-corrected chi connectivity index (χ4v) is 4.58. The molecule has 192 valence electrons. The third-order valence-electron chi connectivity index (χ3n) is 6.33. The highest BCUT2D eigenvalue weighted by atomic mass is 35.5. The first-order valence-electron chi connectivity index (χ1n) is 12.5. The van der Waals surface area contributed by atoms with Crippen molar-refractivity contribution in [3.8, 4) is 22.5 Å². The van der Waals surface area contributed by atoms with Crippen molar-refractivity contribution in [2.24, 2.45) is 0 Å². The van der Waals surface area contributed by atoms with Gasteiger partial charge in [0.15, 0.2) is 5.15 Å². The molecule has 0 saturated carbocycles. The van der Waals surface area contributed by atoms with Gasteiger partial charge in [0.05, 0.1) is 11.3 Å². The van der Waals surface area contributed by atoms with Crippen LogP contribution in [0.1, 0.15) is 47.2 Å². The van der Waals surface area contributed by atoms with Gasteiger partial charge in [-0.15, -0.1) is 10.2 Å². The first kappa shape index (κ1) is 25.4. The van der Waals surface area contributed by atoms with E-state index in [1.807, 2.05) is 30.3 Å². The molecule has 0 unspecified atom stereocenters. The van der Waals surface area contributed by atoms with Crippen LogP contribution in [0.5, 0.6) is 0 Å². The van der Waals surface area contributed by atoms with E-state index in [2.05, 4.69) is 61.4 Å². The first-order chi connectivity index (χ1) is 18.6. The van der Waals surface area contributed by atoms with Crippen molar-refractivity contribution < 1.29 is 9.53 Å². The minimum Gasteiger partial charge on any atom is -0.456 e. The summed E-state index contributed by atoms with van der Waals surface area (Å²) in [6, 6.07) is 25.2. The highest BCUT2D eigenvalue weighted by Crippen LogP contribution is 2.30. The number of H-pyrrole nitrogens is 1. The minimum absolute atomic E-state index is 0.0435. The Balaban J connectivity index is 1.39. The van der Waals surface area contributed by atoms with Crippen LogP contribution in [0.2, 0.25) is 5.15 Å². The Morgan fingerprint density at radius 1 is 0.974 bits per heavy atom. The lowest BCUT2D eigenvalue weighted by Gasteiger charge is -2.14. The van der Waals surface area contributed by atoms with Crippen molar-refractivity contribution in [2.75, 3.05) is 0 Å². The molecule has 5 rings (SSSR count).